The summed E-state index contributed by atoms with van der Waals surface area (Å²) in [5.74, 6) is 0.0164. The summed E-state index contributed by atoms with van der Waals surface area (Å²) >= 11 is 6.20. The molecule has 0 saturated heterocycles. The topological polar surface area (TPSA) is 46.9 Å². The summed E-state index contributed by atoms with van der Waals surface area (Å²) in [4.78, 5) is 12.0. The fraction of sp³-hybridized carbons (Fsp3) is 0.412. The lowest BCUT2D eigenvalue weighted by atomic mass is 10.1. The van der Waals surface area contributed by atoms with Crippen LogP contribution in [0.5, 0.6) is 0 Å². The van der Waals surface area contributed by atoms with Gasteiger partial charge in [0.2, 0.25) is 5.91 Å². The van der Waals surface area contributed by atoms with Gasteiger partial charge in [-0.05, 0) is 52.3 Å². The Kier molecular flexibility index (Phi) is 4.91. The molecule has 1 aromatic carbocycles. The summed E-state index contributed by atoms with van der Waals surface area (Å²) in [7, 11) is 0. The van der Waals surface area contributed by atoms with Crippen molar-refractivity contribution in [2.45, 2.75) is 47.1 Å². The molecule has 0 radical (unpaired) electrons. The van der Waals surface area contributed by atoms with Gasteiger partial charge in [0, 0.05) is 22.3 Å². The maximum Gasteiger partial charge on any atom is 0.224 e. The second-order valence-corrected chi connectivity index (χ2v) is 6.30. The number of carbonyl (C=O) groups excluding carboxylic acids is 1. The molecule has 22 heavy (non-hydrogen) atoms. The van der Waals surface area contributed by atoms with Crippen molar-refractivity contribution in [1.82, 2.24) is 15.1 Å². The highest BCUT2D eigenvalue weighted by atomic mass is 35.5. The maximum atomic E-state index is 12.0. The molecule has 0 bridgehead atoms. The van der Waals surface area contributed by atoms with Gasteiger partial charge in [-0.2, -0.15) is 5.10 Å². The standard InChI is InChI=1S/C17H22ClN3O/c1-10(2)19-17(22)9-15-12(4)20-21(13(15)5)14-7-6-11(3)16(18)8-14/h6-8,10H,9H2,1-5H3,(H,19,22). The monoisotopic (exact) mass is 319 g/mol. The van der Waals surface area contributed by atoms with Crippen molar-refractivity contribution in [3.05, 3.63) is 45.7 Å². The molecule has 0 saturated carbocycles. The van der Waals surface area contributed by atoms with E-state index in [9.17, 15) is 4.79 Å². The first-order valence-electron chi connectivity index (χ1n) is 7.40. The predicted octanol–water partition coefficient (Wildman–Crippen LogP) is 3.52. The predicted molar refractivity (Wildman–Crippen MR) is 89.8 cm³/mol. The fourth-order valence-corrected chi connectivity index (χ4v) is 2.60. The number of carbonyl (C=O) groups is 1. The lowest BCUT2D eigenvalue weighted by Crippen LogP contribution is -2.31. The largest absolute Gasteiger partial charge is 0.354 e. The van der Waals surface area contributed by atoms with Crippen LogP contribution in [0.1, 0.15) is 36.4 Å². The molecule has 0 fully saturated rings. The minimum Gasteiger partial charge on any atom is -0.354 e. The van der Waals surface area contributed by atoms with E-state index >= 15 is 0 Å². The molecular formula is C17H22ClN3O. The fourth-order valence-electron chi connectivity index (χ4n) is 2.43. The molecule has 1 aromatic heterocycles. The van der Waals surface area contributed by atoms with Crippen LogP contribution in [-0.2, 0) is 11.2 Å². The molecule has 1 N–H and O–H groups in total. The van der Waals surface area contributed by atoms with E-state index in [0.717, 1.165) is 28.2 Å². The summed E-state index contributed by atoms with van der Waals surface area (Å²) < 4.78 is 1.85. The molecule has 4 nitrogen and oxygen atoms in total. The highest BCUT2D eigenvalue weighted by Crippen LogP contribution is 2.23. The first-order valence-corrected chi connectivity index (χ1v) is 7.78. The summed E-state index contributed by atoms with van der Waals surface area (Å²) in [5, 5.41) is 8.19. The number of nitrogens with one attached hydrogen (secondary N) is 1. The van der Waals surface area contributed by atoms with Crippen molar-refractivity contribution < 1.29 is 4.79 Å². The lowest BCUT2D eigenvalue weighted by molar-refractivity contribution is -0.120. The van der Waals surface area contributed by atoms with Gasteiger partial charge in [-0.3, -0.25) is 4.79 Å². The molecule has 1 amide bonds. The normalized spacial score (nSPS) is 11.0. The van der Waals surface area contributed by atoms with Gasteiger partial charge in [-0.1, -0.05) is 17.7 Å². The SMILES string of the molecule is Cc1ccc(-n2nc(C)c(CC(=O)NC(C)C)c2C)cc1Cl. The number of amides is 1. The van der Waals surface area contributed by atoms with Gasteiger partial charge in [0.25, 0.3) is 0 Å². The zero-order valence-electron chi connectivity index (χ0n) is 13.7. The van der Waals surface area contributed by atoms with Crippen LogP contribution in [0.4, 0.5) is 0 Å². The zero-order chi connectivity index (χ0) is 16.4. The number of aryl methyl sites for hydroxylation is 2. The number of nitrogens with zero attached hydrogens (tertiary/aromatic N) is 2. The second-order valence-electron chi connectivity index (χ2n) is 5.89. The van der Waals surface area contributed by atoms with E-state index in [1.807, 2.05) is 57.5 Å². The number of hydrogen-bond acceptors (Lipinski definition) is 2. The lowest BCUT2D eigenvalue weighted by Gasteiger charge is -2.09. The Balaban J connectivity index is 2.34. The van der Waals surface area contributed by atoms with E-state index in [0.29, 0.717) is 11.4 Å². The minimum atomic E-state index is 0.0164. The number of benzene rings is 1. The van der Waals surface area contributed by atoms with Crippen molar-refractivity contribution in [3.8, 4) is 5.69 Å². The van der Waals surface area contributed by atoms with Crippen LogP contribution in [0, 0.1) is 20.8 Å². The summed E-state index contributed by atoms with van der Waals surface area (Å²) in [6.07, 6.45) is 0.343. The van der Waals surface area contributed by atoms with Crippen LogP contribution in [0.15, 0.2) is 18.2 Å². The molecule has 0 atom stereocenters. The molecule has 5 heteroatoms. The summed E-state index contributed by atoms with van der Waals surface area (Å²) in [6, 6.07) is 5.99. The zero-order valence-corrected chi connectivity index (χ0v) is 14.5. The van der Waals surface area contributed by atoms with Gasteiger partial charge in [0.05, 0.1) is 17.8 Å². The van der Waals surface area contributed by atoms with Gasteiger partial charge in [0.1, 0.15) is 0 Å². The minimum absolute atomic E-state index is 0.0164. The van der Waals surface area contributed by atoms with Crippen molar-refractivity contribution in [1.29, 1.82) is 0 Å². The van der Waals surface area contributed by atoms with E-state index in [1.165, 1.54) is 0 Å². The van der Waals surface area contributed by atoms with Gasteiger partial charge >= 0.3 is 0 Å². The van der Waals surface area contributed by atoms with Crippen molar-refractivity contribution in [2.24, 2.45) is 0 Å². The second kappa shape index (κ2) is 6.53. The van der Waals surface area contributed by atoms with Crippen LogP contribution >= 0.6 is 11.6 Å². The van der Waals surface area contributed by atoms with Crippen LogP contribution < -0.4 is 5.32 Å². The van der Waals surface area contributed by atoms with Gasteiger partial charge in [0.15, 0.2) is 0 Å². The molecule has 0 spiro atoms. The molecule has 2 aromatic rings. The Morgan fingerprint density at radius 2 is 2.00 bits per heavy atom. The maximum absolute atomic E-state index is 12.0. The number of rotatable bonds is 4. The first kappa shape index (κ1) is 16.6. The van der Waals surface area contributed by atoms with E-state index in [1.54, 1.807) is 0 Å². The Morgan fingerprint density at radius 3 is 2.59 bits per heavy atom. The van der Waals surface area contributed by atoms with Crippen LogP contribution in [-0.4, -0.2) is 21.7 Å². The average Bonchev–Trinajstić information content (AvgIpc) is 2.69. The highest BCUT2D eigenvalue weighted by Gasteiger charge is 2.16. The van der Waals surface area contributed by atoms with E-state index < -0.39 is 0 Å². The molecule has 0 aliphatic heterocycles. The Labute approximate surface area is 136 Å². The number of aromatic nitrogens is 2. The number of hydrogen-bond donors (Lipinski definition) is 1. The molecule has 0 aliphatic rings. The first-order chi connectivity index (χ1) is 10.3. The van der Waals surface area contributed by atoms with Gasteiger partial charge in [-0.25, -0.2) is 4.68 Å². The van der Waals surface area contributed by atoms with Crippen molar-refractivity contribution in [3.63, 3.8) is 0 Å². The van der Waals surface area contributed by atoms with Gasteiger partial charge < -0.3 is 5.32 Å². The van der Waals surface area contributed by atoms with Crippen molar-refractivity contribution in [2.75, 3.05) is 0 Å². The van der Waals surface area contributed by atoms with Crippen LogP contribution in [0.3, 0.4) is 0 Å². The molecule has 2 rings (SSSR count). The third kappa shape index (κ3) is 3.50. The van der Waals surface area contributed by atoms with E-state index in [-0.39, 0.29) is 11.9 Å². The third-order valence-corrected chi connectivity index (χ3v) is 4.04. The average molecular weight is 320 g/mol. The van der Waals surface area contributed by atoms with E-state index in [2.05, 4.69) is 10.4 Å². The third-order valence-electron chi connectivity index (χ3n) is 3.63. The summed E-state index contributed by atoms with van der Waals surface area (Å²) in [5.41, 5.74) is 4.74. The van der Waals surface area contributed by atoms with Crippen LogP contribution in [0.2, 0.25) is 5.02 Å². The van der Waals surface area contributed by atoms with Gasteiger partial charge in [-0.15, -0.1) is 0 Å². The molecular weight excluding hydrogens is 298 g/mol. The quantitative estimate of drug-likeness (QED) is 0.937. The molecule has 118 valence electrons. The number of halogens is 1. The molecule has 1 heterocycles. The highest BCUT2D eigenvalue weighted by molar-refractivity contribution is 6.31. The summed E-state index contributed by atoms with van der Waals surface area (Å²) in [6.45, 7) is 9.78. The van der Waals surface area contributed by atoms with Crippen molar-refractivity contribution >= 4 is 17.5 Å². The molecule has 0 unspecified atom stereocenters. The Hall–Kier alpha value is -1.81. The smallest absolute Gasteiger partial charge is 0.224 e. The Morgan fingerprint density at radius 1 is 1.32 bits per heavy atom. The van der Waals surface area contributed by atoms with Crippen LogP contribution in [0.25, 0.3) is 5.69 Å². The Bertz CT molecular complexity index is 704. The molecule has 0 aliphatic carbocycles. The van der Waals surface area contributed by atoms with E-state index in [4.69, 9.17) is 11.6 Å².